The molecule has 1 aliphatic heterocycles. The molecule has 1 saturated heterocycles. The smallest absolute Gasteiger partial charge is 0.224 e. The molecule has 1 aromatic rings. The summed E-state index contributed by atoms with van der Waals surface area (Å²) in [5, 5.41) is 3.11. The number of piperidine rings is 1. The number of hydrogen-bond acceptors (Lipinski definition) is 4. The molecule has 2 heterocycles. The van der Waals surface area contributed by atoms with Crippen molar-refractivity contribution in [2.24, 2.45) is 5.92 Å². The van der Waals surface area contributed by atoms with Gasteiger partial charge in [-0.1, -0.05) is 13.8 Å². The first-order chi connectivity index (χ1) is 9.13. The van der Waals surface area contributed by atoms with Gasteiger partial charge in [-0.2, -0.15) is 4.98 Å². The van der Waals surface area contributed by atoms with Crippen LogP contribution in [0.4, 0.5) is 16.2 Å². The lowest BCUT2D eigenvalue weighted by Gasteiger charge is -2.38. The van der Waals surface area contributed by atoms with Crippen LogP contribution >= 0.6 is 0 Å². The van der Waals surface area contributed by atoms with Gasteiger partial charge in [0, 0.05) is 19.1 Å². The van der Waals surface area contributed by atoms with Crippen molar-refractivity contribution < 1.29 is 4.39 Å². The summed E-state index contributed by atoms with van der Waals surface area (Å²) in [5.74, 6) is 1.19. The number of anilines is 2. The van der Waals surface area contributed by atoms with Crippen LogP contribution in [-0.2, 0) is 0 Å². The molecule has 2 atom stereocenters. The average Bonchev–Trinajstić information content (AvgIpc) is 2.41. The Bertz CT molecular complexity index is 424. The lowest BCUT2D eigenvalue weighted by molar-refractivity contribution is 0.358. The molecule has 19 heavy (non-hydrogen) atoms. The average molecular weight is 266 g/mol. The molecule has 2 rings (SSSR count). The molecular weight excluding hydrogens is 243 g/mol. The van der Waals surface area contributed by atoms with Crippen molar-refractivity contribution in [3.8, 4) is 0 Å². The predicted octanol–water partition coefficient (Wildman–Crippen LogP) is 3.06. The van der Waals surface area contributed by atoms with E-state index in [0.717, 1.165) is 25.9 Å². The summed E-state index contributed by atoms with van der Waals surface area (Å²) >= 11 is 0. The Hall–Kier alpha value is -1.39. The fraction of sp³-hybridized carbons (Fsp3) is 0.714. The first-order valence-electron chi connectivity index (χ1n) is 7.16. The van der Waals surface area contributed by atoms with Crippen molar-refractivity contribution in [2.45, 2.75) is 46.1 Å². The molecule has 2 unspecified atom stereocenters. The molecule has 5 heteroatoms. The quantitative estimate of drug-likeness (QED) is 0.909. The molecule has 0 saturated carbocycles. The molecule has 106 valence electrons. The van der Waals surface area contributed by atoms with Crippen LogP contribution in [0.1, 0.15) is 40.0 Å². The number of aromatic nitrogens is 2. The zero-order valence-corrected chi connectivity index (χ0v) is 12.0. The van der Waals surface area contributed by atoms with Gasteiger partial charge < -0.3 is 10.2 Å². The van der Waals surface area contributed by atoms with Crippen LogP contribution in [0.25, 0.3) is 0 Å². The first kappa shape index (κ1) is 14.0. The minimum atomic E-state index is -0.331. The number of halogens is 1. The van der Waals surface area contributed by atoms with Crippen molar-refractivity contribution in [3.63, 3.8) is 0 Å². The van der Waals surface area contributed by atoms with Crippen LogP contribution < -0.4 is 10.2 Å². The number of rotatable bonds is 4. The molecule has 1 fully saturated rings. The van der Waals surface area contributed by atoms with Gasteiger partial charge in [-0.3, -0.25) is 0 Å². The van der Waals surface area contributed by atoms with Gasteiger partial charge in [0.1, 0.15) is 0 Å². The maximum atomic E-state index is 14.0. The highest BCUT2D eigenvalue weighted by Crippen LogP contribution is 2.29. The van der Waals surface area contributed by atoms with Gasteiger partial charge in [0.2, 0.25) is 5.95 Å². The third-order valence-corrected chi connectivity index (χ3v) is 3.90. The van der Waals surface area contributed by atoms with Gasteiger partial charge in [0.25, 0.3) is 0 Å². The van der Waals surface area contributed by atoms with Crippen molar-refractivity contribution in [1.29, 1.82) is 0 Å². The summed E-state index contributed by atoms with van der Waals surface area (Å²) in [6, 6.07) is 0.317. The molecule has 0 bridgehead atoms. The van der Waals surface area contributed by atoms with E-state index in [9.17, 15) is 4.39 Å². The number of nitrogens with one attached hydrogen (secondary N) is 1. The van der Waals surface area contributed by atoms with Crippen molar-refractivity contribution in [2.75, 3.05) is 23.3 Å². The maximum absolute atomic E-state index is 14.0. The Morgan fingerprint density at radius 1 is 1.47 bits per heavy atom. The van der Waals surface area contributed by atoms with Crippen LogP contribution in [0.2, 0.25) is 0 Å². The molecule has 1 N–H and O–H groups in total. The minimum absolute atomic E-state index is 0.317. The minimum Gasteiger partial charge on any atom is -0.354 e. The number of hydrogen-bond donors (Lipinski definition) is 1. The fourth-order valence-electron chi connectivity index (χ4n) is 2.52. The van der Waals surface area contributed by atoms with Crippen molar-refractivity contribution in [1.82, 2.24) is 9.97 Å². The van der Waals surface area contributed by atoms with E-state index in [1.54, 1.807) is 0 Å². The third-order valence-electron chi connectivity index (χ3n) is 3.90. The van der Waals surface area contributed by atoms with Crippen LogP contribution in [0.3, 0.4) is 0 Å². The first-order valence-corrected chi connectivity index (χ1v) is 7.16. The summed E-state index contributed by atoms with van der Waals surface area (Å²) in [4.78, 5) is 10.4. The van der Waals surface area contributed by atoms with Crippen LogP contribution in [-0.4, -0.2) is 29.1 Å². The van der Waals surface area contributed by atoms with Gasteiger partial charge in [-0.15, -0.1) is 0 Å². The molecule has 0 radical (unpaired) electrons. The fourth-order valence-corrected chi connectivity index (χ4v) is 2.52. The molecule has 0 amide bonds. The topological polar surface area (TPSA) is 41.1 Å². The third kappa shape index (κ3) is 3.14. The van der Waals surface area contributed by atoms with Gasteiger partial charge in [-0.25, -0.2) is 9.37 Å². The van der Waals surface area contributed by atoms with Crippen molar-refractivity contribution in [3.05, 3.63) is 12.0 Å². The van der Waals surface area contributed by atoms with Gasteiger partial charge in [0.15, 0.2) is 11.6 Å². The summed E-state index contributed by atoms with van der Waals surface area (Å²) < 4.78 is 14.0. The van der Waals surface area contributed by atoms with E-state index >= 15 is 0 Å². The standard InChI is InChI=1S/C14H23FN4/c1-4-7-16-14-17-9-12(15)13(18-14)19-8-5-6-10(2)11(19)3/h9-11H,4-8H2,1-3H3,(H,16,17,18). The summed E-state index contributed by atoms with van der Waals surface area (Å²) in [7, 11) is 0. The molecular formula is C14H23FN4. The largest absolute Gasteiger partial charge is 0.354 e. The highest BCUT2D eigenvalue weighted by Gasteiger charge is 2.27. The van der Waals surface area contributed by atoms with E-state index in [1.807, 2.05) is 0 Å². The summed E-state index contributed by atoms with van der Waals surface area (Å²) in [6.07, 6.45) is 4.55. The molecule has 1 aromatic heterocycles. The van der Waals surface area contributed by atoms with Gasteiger partial charge in [0.05, 0.1) is 6.20 Å². The molecule has 0 aliphatic carbocycles. The normalized spacial score (nSPS) is 23.5. The van der Waals surface area contributed by atoms with E-state index in [0.29, 0.717) is 23.7 Å². The van der Waals surface area contributed by atoms with Crippen molar-refractivity contribution >= 4 is 11.8 Å². The van der Waals surface area contributed by atoms with Crippen LogP contribution in [0, 0.1) is 11.7 Å². The lowest BCUT2D eigenvalue weighted by atomic mass is 9.92. The van der Waals surface area contributed by atoms with Gasteiger partial charge in [-0.05, 0) is 32.1 Å². The Kier molecular flexibility index (Phi) is 4.56. The Morgan fingerprint density at radius 3 is 3.00 bits per heavy atom. The molecule has 1 aliphatic rings. The van der Waals surface area contributed by atoms with Gasteiger partial charge >= 0.3 is 0 Å². The van der Waals surface area contributed by atoms with E-state index in [2.05, 4.69) is 41.0 Å². The second-order valence-electron chi connectivity index (χ2n) is 5.35. The highest BCUT2D eigenvalue weighted by molar-refractivity contribution is 5.45. The van der Waals surface area contributed by atoms with E-state index in [1.165, 1.54) is 12.6 Å². The number of nitrogens with zero attached hydrogens (tertiary/aromatic N) is 3. The Labute approximate surface area is 114 Å². The molecule has 4 nitrogen and oxygen atoms in total. The SMILES string of the molecule is CCCNc1ncc(F)c(N2CCCC(C)C2C)n1. The maximum Gasteiger partial charge on any atom is 0.224 e. The summed E-state index contributed by atoms with van der Waals surface area (Å²) in [6.45, 7) is 8.10. The predicted molar refractivity (Wildman–Crippen MR) is 76.0 cm³/mol. The monoisotopic (exact) mass is 266 g/mol. The zero-order valence-electron chi connectivity index (χ0n) is 12.0. The second kappa shape index (κ2) is 6.17. The zero-order chi connectivity index (χ0) is 13.8. The van der Waals surface area contributed by atoms with E-state index in [4.69, 9.17) is 0 Å². The van der Waals surface area contributed by atoms with Crippen LogP contribution in [0.5, 0.6) is 0 Å². The summed E-state index contributed by atoms with van der Waals surface area (Å²) in [5.41, 5.74) is 0. The lowest BCUT2D eigenvalue weighted by Crippen LogP contribution is -2.43. The molecule has 0 spiro atoms. The van der Waals surface area contributed by atoms with Crippen LogP contribution in [0.15, 0.2) is 6.20 Å². The Balaban J connectivity index is 2.22. The Morgan fingerprint density at radius 2 is 2.26 bits per heavy atom. The second-order valence-corrected chi connectivity index (χ2v) is 5.35. The highest BCUT2D eigenvalue weighted by atomic mass is 19.1. The van der Waals surface area contributed by atoms with E-state index < -0.39 is 0 Å². The molecule has 0 aromatic carbocycles. The van der Waals surface area contributed by atoms with E-state index in [-0.39, 0.29) is 5.82 Å².